The number of hydrogen-bond donors (Lipinski definition) is 2. The Morgan fingerprint density at radius 3 is 2.58 bits per heavy atom. The van der Waals surface area contributed by atoms with E-state index in [-0.39, 0.29) is 17.6 Å². The van der Waals surface area contributed by atoms with E-state index >= 15 is 0 Å². The standard InChI is InChI=1S/C17H18N4O5/c1-20-9-14(16(22)18-12-5-2-11(8-12)17(23)24)15(19-20)10-3-6-13(7-4-10)21(25)26/h3-4,6-7,9,11-12H,2,5,8H2,1H3,(H,18,22)(H,23,24)/t11-,12+/m0/s1. The fourth-order valence-electron chi connectivity index (χ4n) is 3.21. The first-order valence-electron chi connectivity index (χ1n) is 8.17. The number of nitro benzene ring substituents is 1. The van der Waals surface area contributed by atoms with Crippen LogP contribution in [0.3, 0.4) is 0 Å². The highest BCUT2D eigenvalue weighted by atomic mass is 16.6. The maximum Gasteiger partial charge on any atom is 0.306 e. The molecule has 0 unspecified atom stereocenters. The maximum absolute atomic E-state index is 12.6. The van der Waals surface area contributed by atoms with Crippen LogP contribution in [0.4, 0.5) is 5.69 Å². The number of nitro groups is 1. The van der Waals surface area contributed by atoms with E-state index in [0.717, 1.165) is 0 Å². The summed E-state index contributed by atoms with van der Waals surface area (Å²) in [5.41, 5.74) is 1.32. The number of carboxylic acids is 1. The largest absolute Gasteiger partial charge is 0.481 e. The number of amides is 1. The van der Waals surface area contributed by atoms with Crippen LogP contribution in [0, 0.1) is 16.0 Å². The second-order valence-corrected chi connectivity index (χ2v) is 6.39. The van der Waals surface area contributed by atoms with Crippen LogP contribution >= 0.6 is 0 Å². The van der Waals surface area contributed by atoms with E-state index in [0.29, 0.717) is 36.1 Å². The van der Waals surface area contributed by atoms with Crippen LogP contribution in [0.2, 0.25) is 0 Å². The molecule has 1 aliphatic rings. The Kier molecular flexibility index (Phi) is 4.70. The summed E-state index contributed by atoms with van der Waals surface area (Å²) in [5.74, 6) is -1.60. The summed E-state index contributed by atoms with van der Waals surface area (Å²) in [4.78, 5) is 34.0. The molecule has 2 aromatic rings. The zero-order chi connectivity index (χ0) is 18.8. The van der Waals surface area contributed by atoms with Gasteiger partial charge in [0.05, 0.1) is 16.4 Å². The van der Waals surface area contributed by atoms with E-state index in [4.69, 9.17) is 5.11 Å². The minimum atomic E-state index is -0.838. The van der Waals surface area contributed by atoms with Gasteiger partial charge >= 0.3 is 5.97 Å². The Morgan fingerprint density at radius 2 is 2.00 bits per heavy atom. The normalized spacial score (nSPS) is 19.3. The first-order valence-corrected chi connectivity index (χ1v) is 8.17. The topological polar surface area (TPSA) is 127 Å². The molecule has 0 spiro atoms. The van der Waals surface area contributed by atoms with Gasteiger partial charge in [-0.05, 0) is 31.4 Å². The fraction of sp³-hybridized carbons (Fsp3) is 0.353. The highest BCUT2D eigenvalue weighted by Crippen LogP contribution is 2.28. The van der Waals surface area contributed by atoms with Crippen LogP contribution in [0.25, 0.3) is 11.3 Å². The summed E-state index contributed by atoms with van der Waals surface area (Å²) in [6.07, 6.45) is 3.16. The second-order valence-electron chi connectivity index (χ2n) is 6.39. The molecule has 26 heavy (non-hydrogen) atoms. The van der Waals surface area contributed by atoms with Crippen molar-refractivity contribution >= 4 is 17.6 Å². The molecule has 0 aliphatic heterocycles. The monoisotopic (exact) mass is 358 g/mol. The molecule has 0 bridgehead atoms. The van der Waals surface area contributed by atoms with Crippen molar-refractivity contribution < 1.29 is 19.6 Å². The summed E-state index contributed by atoms with van der Waals surface area (Å²) in [6.45, 7) is 0. The molecule has 2 atom stereocenters. The Labute approximate surface area is 148 Å². The van der Waals surface area contributed by atoms with Crippen molar-refractivity contribution in [3.63, 3.8) is 0 Å². The quantitative estimate of drug-likeness (QED) is 0.621. The summed E-state index contributed by atoms with van der Waals surface area (Å²) in [6, 6.07) is 5.63. The number of aliphatic carboxylic acids is 1. The number of aromatic nitrogens is 2. The Hall–Kier alpha value is -3.23. The molecule has 2 N–H and O–H groups in total. The molecule has 1 fully saturated rings. The fourth-order valence-corrected chi connectivity index (χ4v) is 3.21. The third-order valence-corrected chi connectivity index (χ3v) is 4.54. The lowest BCUT2D eigenvalue weighted by Gasteiger charge is -2.12. The molecule has 1 aromatic heterocycles. The van der Waals surface area contributed by atoms with E-state index in [1.165, 1.54) is 16.8 Å². The lowest BCUT2D eigenvalue weighted by molar-refractivity contribution is -0.384. The molecule has 9 nitrogen and oxygen atoms in total. The maximum atomic E-state index is 12.6. The first kappa shape index (κ1) is 17.6. The molecule has 1 aliphatic carbocycles. The van der Waals surface area contributed by atoms with Gasteiger partial charge in [0.15, 0.2) is 0 Å². The molecular formula is C17H18N4O5. The van der Waals surface area contributed by atoms with Crippen LogP contribution in [0.5, 0.6) is 0 Å². The van der Waals surface area contributed by atoms with Gasteiger partial charge in [0.25, 0.3) is 11.6 Å². The molecule has 0 radical (unpaired) electrons. The first-order chi connectivity index (χ1) is 12.3. The van der Waals surface area contributed by atoms with Crippen molar-refractivity contribution in [1.82, 2.24) is 15.1 Å². The average molecular weight is 358 g/mol. The number of carbonyl (C=O) groups is 2. The molecule has 3 rings (SSSR count). The highest BCUT2D eigenvalue weighted by Gasteiger charge is 2.31. The number of hydrogen-bond acceptors (Lipinski definition) is 5. The second kappa shape index (κ2) is 6.95. The van der Waals surface area contributed by atoms with E-state index in [9.17, 15) is 19.7 Å². The average Bonchev–Trinajstić information content (AvgIpc) is 3.21. The number of carboxylic acid groups (broad SMARTS) is 1. The number of rotatable bonds is 5. The van der Waals surface area contributed by atoms with Gasteiger partial charge in [0.1, 0.15) is 5.69 Å². The molecule has 0 saturated heterocycles. The van der Waals surface area contributed by atoms with E-state index in [1.54, 1.807) is 25.4 Å². The third kappa shape index (κ3) is 3.56. The molecule has 1 aromatic carbocycles. The Balaban J connectivity index is 1.79. The molecular weight excluding hydrogens is 340 g/mol. The minimum Gasteiger partial charge on any atom is -0.481 e. The van der Waals surface area contributed by atoms with Gasteiger partial charge < -0.3 is 10.4 Å². The van der Waals surface area contributed by atoms with Crippen molar-refractivity contribution in [3.8, 4) is 11.3 Å². The van der Waals surface area contributed by atoms with Crippen molar-refractivity contribution in [3.05, 3.63) is 46.1 Å². The van der Waals surface area contributed by atoms with Crippen molar-refractivity contribution in [2.24, 2.45) is 13.0 Å². The summed E-state index contributed by atoms with van der Waals surface area (Å²) in [5, 5.41) is 27.0. The van der Waals surface area contributed by atoms with Gasteiger partial charge in [-0.2, -0.15) is 5.10 Å². The van der Waals surface area contributed by atoms with Gasteiger partial charge in [-0.1, -0.05) is 0 Å². The van der Waals surface area contributed by atoms with Gasteiger partial charge in [-0.15, -0.1) is 0 Å². The molecule has 1 amide bonds. The minimum absolute atomic E-state index is 0.0404. The smallest absolute Gasteiger partial charge is 0.306 e. The molecule has 1 saturated carbocycles. The van der Waals surface area contributed by atoms with Crippen molar-refractivity contribution in [2.45, 2.75) is 25.3 Å². The van der Waals surface area contributed by atoms with Gasteiger partial charge in [-0.3, -0.25) is 24.4 Å². The zero-order valence-corrected chi connectivity index (χ0v) is 14.1. The van der Waals surface area contributed by atoms with E-state index in [1.807, 2.05) is 0 Å². The van der Waals surface area contributed by atoms with Gasteiger partial charge in [0.2, 0.25) is 0 Å². The van der Waals surface area contributed by atoms with Gasteiger partial charge in [0, 0.05) is 37.0 Å². The number of non-ortho nitro benzene ring substituents is 1. The number of nitrogens with one attached hydrogen (secondary N) is 1. The SMILES string of the molecule is Cn1cc(C(=O)N[C@@H]2CC[C@H](C(=O)O)C2)c(-c2ccc([N+](=O)[O-])cc2)n1. The summed E-state index contributed by atoms with van der Waals surface area (Å²) < 4.78 is 1.50. The van der Waals surface area contributed by atoms with Crippen LogP contribution < -0.4 is 5.32 Å². The summed E-state index contributed by atoms with van der Waals surface area (Å²) in [7, 11) is 1.68. The predicted octanol–water partition coefficient (Wildman–Crippen LogP) is 1.98. The van der Waals surface area contributed by atoms with Crippen molar-refractivity contribution in [1.29, 1.82) is 0 Å². The Bertz CT molecular complexity index is 859. The Morgan fingerprint density at radius 1 is 1.31 bits per heavy atom. The number of aryl methyl sites for hydroxylation is 1. The number of nitrogens with zero attached hydrogens (tertiary/aromatic N) is 3. The van der Waals surface area contributed by atoms with Gasteiger partial charge in [-0.25, -0.2) is 0 Å². The lowest BCUT2D eigenvalue weighted by atomic mass is 10.1. The number of carbonyl (C=O) groups excluding carboxylic acids is 1. The zero-order valence-electron chi connectivity index (χ0n) is 14.1. The van der Waals surface area contributed by atoms with Crippen LogP contribution in [0.15, 0.2) is 30.5 Å². The predicted molar refractivity (Wildman–Crippen MR) is 91.5 cm³/mol. The van der Waals surface area contributed by atoms with Crippen molar-refractivity contribution in [2.75, 3.05) is 0 Å². The summed E-state index contributed by atoms with van der Waals surface area (Å²) >= 11 is 0. The lowest BCUT2D eigenvalue weighted by Crippen LogP contribution is -2.33. The van der Waals surface area contributed by atoms with Crippen LogP contribution in [0.1, 0.15) is 29.6 Å². The molecule has 9 heteroatoms. The van der Waals surface area contributed by atoms with E-state index < -0.39 is 16.8 Å². The molecule has 136 valence electrons. The van der Waals surface area contributed by atoms with Crippen LogP contribution in [-0.4, -0.2) is 37.7 Å². The van der Waals surface area contributed by atoms with Crippen LogP contribution in [-0.2, 0) is 11.8 Å². The van der Waals surface area contributed by atoms with E-state index in [2.05, 4.69) is 10.4 Å². The number of benzene rings is 1. The third-order valence-electron chi connectivity index (χ3n) is 4.54. The highest BCUT2D eigenvalue weighted by molar-refractivity contribution is 6.00. The molecule has 1 heterocycles.